The first kappa shape index (κ1) is 25.4. The number of fused-ring (bicyclic) bond motifs is 2. The number of halogens is 1. The van der Waals surface area contributed by atoms with Gasteiger partial charge in [-0.1, -0.05) is 29.1 Å². The molecule has 1 aromatic carbocycles. The van der Waals surface area contributed by atoms with Crippen molar-refractivity contribution in [3.8, 4) is 0 Å². The SMILES string of the molecule is Nc1nc(C(=NOCCF)C(=O)N[C@@H]2C(=O)N3C(C(=O)O)=C(Sc4nc5ccccc5s4)CS[C@@H]23)cs1. The highest BCUT2D eigenvalue weighted by Gasteiger charge is 2.54. The van der Waals surface area contributed by atoms with E-state index in [1.54, 1.807) is 0 Å². The van der Waals surface area contributed by atoms with E-state index in [2.05, 4.69) is 20.4 Å². The predicted octanol–water partition coefficient (Wildman–Crippen LogP) is 2.51. The Balaban J connectivity index is 1.34. The number of nitrogen functional groups attached to an aromatic ring is 1. The number of β-lactam (4-membered cyclic amide) rings is 1. The van der Waals surface area contributed by atoms with Crippen LogP contribution in [-0.2, 0) is 19.2 Å². The Kier molecular flexibility index (Phi) is 7.32. The van der Waals surface area contributed by atoms with Crippen LogP contribution in [0.3, 0.4) is 0 Å². The molecule has 2 aliphatic rings. The molecule has 0 radical (unpaired) electrons. The number of carbonyl (C=O) groups excluding carboxylic acids is 2. The first-order chi connectivity index (χ1) is 17.9. The lowest BCUT2D eigenvalue weighted by atomic mass is 10.0. The van der Waals surface area contributed by atoms with Gasteiger partial charge in [0.1, 0.15) is 36.1 Å². The average molecular weight is 581 g/mol. The first-order valence-electron chi connectivity index (χ1n) is 10.6. The third-order valence-electron chi connectivity index (χ3n) is 5.21. The van der Waals surface area contributed by atoms with Crippen molar-refractivity contribution >= 4 is 85.0 Å². The third-order valence-corrected chi connectivity index (χ3v) is 9.53. The number of carboxylic acids is 1. The van der Waals surface area contributed by atoms with E-state index in [0.717, 1.165) is 21.6 Å². The first-order valence-corrected chi connectivity index (χ1v) is 14.2. The van der Waals surface area contributed by atoms with Crippen molar-refractivity contribution in [1.29, 1.82) is 0 Å². The number of hydrogen-bond acceptors (Lipinski definition) is 12. The molecule has 1 fully saturated rings. The standard InChI is InChI=1S/C21H17FN6O5S4/c22-5-6-33-27-13(10-7-35-20(23)24-10)16(29)26-14-17(30)28-15(19(31)32)12(8-34-18(14)28)37-21-25-9-3-1-2-4-11(9)36-21/h1-4,7,14,18H,5-6,8H2,(H2,23,24)(H,26,29)(H,31,32)/t14-,18+/m1/s1. The fourth-order valence-electron chi connectivity index (χ4n) is 3.62. The second-order valence-corrected chi connectivity index (χ2v) is 11.9. The molecule has 0 bridgehead atoms. The lowest BCUT2D eigenvalue weighted by Crippen LogP contribution is -2.71. The largest absolute Gasteiger partial charge is 0.477 e. The number of oxime groups is 1. The molecule has 5 rings (SSSR count). The lowest BCUT2D eigenvalue weighted by molar-refractivity contribution is -0.150. The van der Waals surface area contributed by atoms with E-state index in [0.29, 0.717) is 15.0 Å². The van der Waals surface area contributed by atoms with Gasteiger partial charge in [0.2, 0.25) is 0 Å². The number of anilines is 1. The van der Waals surface area contributed by atoms with Gasteiger partial charge in [-0.25, -0.2) is 19.2 Å². The molecule has 0 saturated carbocycles. The summed E-state index contributed by atoms with van der Waals surface area (Å²) >= 11 is 5.05. The molecule has 0 unspecified atom stereocenters. The molecule has 37 heavy (non-hydrogen) atoms. The number of carboxylic acid groups (broad SMARTS) is 1. The van der Waals surface area contributed by atoms with Crippen LogP contribution >= 0.6 is 46.2 Å². The maximum Gasteiger partial charge on any atom is 0.353 e. The highest BCUT2D eigenvalue weighted by Crippen LogP contribution is 2.46. The smallest absolute Gasteiger partial charge is 0.353 e. The molecule has 1 saturated heterocycles. The quantitative estimate of drug-likeness (QED) is 0.148. The average Bonchev–Trinajstić information content (AvgIpc) is 3.50. The second-order valence-electron chi connectivity index (χ2n) is 7.52. The fourth-order valence-corrected chi connectivity index (χ4v) is 7.88. The predicted molar refractivity (Wildman–Crippen MR) is 140 cm³/mol. The zero-order chi connectivity index (χ0) is 26.1. The number of rotatable bonds is 9. The van der Waals surface area contributed by atoms with Crippen LogP contribution in [0.1, 0.15) is 5.69 Å². The molecule has 2 atom stereocenters. The Bertz CT molecular complexity index is 1420. The second kappa shape index (κ2) is 10.6. The van der Waals surface area contributed by atoms with E-state index in [4.69, 9.17) is 10.6 Å². The number of aromatic nitrogens is 2. The van der Waals surface area contributed by atoms with Crippen LogP contribution in [0.5, 0.6) is 0 Å². The molecule has 0 spiro atoms. The number of nitrogens with zero attached hydrogens (tertiary/aromatic N) is 4. The third kappa shape index (κ3) is 5.01. The number of para-hydroxylation sites is 1. The van der Waals surface area contributed by atoms with E-state index in [9.17, 15) is 23.9 Å². The van der Waals surface area contributed by atoms with Gasteiger partial charge < -0.3 is 21.0 Å². The maximum absolute atomic E-state index is 13.0. The summed E-state index contributed by atoms with van der Waals surface area (Å²) in [6, 6.07) is 6.59. The number of nitrogens with one attached hydrogen (secondary N) is 1. The van der Waals surface area contributed by atoms with Crippen LogP contribution in [0.25, 0.3) is 10.2 Å². The Morgan fingerprint density at radius 3 is 2.86 bits per heavy atom. The lowest BCUT2D eigenvalue weighted by Gasteiger charge is -2.49. The molecule has 4 heterocycles. The summed E-state index contributed by atoms with van der Waals surface area (Å²) in [7, 11) is 0. The minimum Gasteiger partial charge on any atom is -0.477 e. The molecule has 4 N–H and O–H groups in total. The number of amides is 2. The molecule has 0 aliphatic carbocycles. The molecule has 2 aromatic heterocycles. The number of carbonyl (C=O) groups is 3. The maximum atomic E-state index is 13.0. The summed E-state index contributed by atoms with van der Waals surface area (Å²) in [5.74, 6) is -2.29. The number of benzene rings is 1. The summed E-state index contributed by atoms with van der Waals surface area (Å²) in [6.07, 6.45) is 0. The zero-order valence-corrected chi connectivity index (χ0v) is 21.9. The summed E-state index contributed by atoms with van der Waals surface area (Å²) in [5.41, 5.74) is 6.17. The van der Waals surface area contributed by atoms with Crippen molar-refractivity contribution in [1.82, 2.24) is 20.2 Å². The van der Waals surface area contributed by atoms with E-state index < -0.39 is 35.9 Å². The Labute approximate surface area is 225 Å². The molecule has 16 heteroatoms. The fraction of sp³-hybridized carbons (Fsp3) is 0.238. The van der Waals surface area contributed by atoms with Crippen molar-refractivity contribution in [3.63, 3.8) is 0 Å². The molecule has 3 aromatic rings. The minimum atomic E-state index is -1.24. The van der Waals surface area contributed by atoms with E-state index >= 15 is 0 Å². The van der Waals surface area contributed by atoms with Crippen molar-refractivity contribution < 1.29 is 28.7 Å². The molecular formula is C21H17FN6O5S4. The van der Waals surface area contributed by atoms with Crippen molar-refractivity contribution in [2.75, 3.05) is 24.8 Å². The Hall–Kier alpha value is -3.21. The highest BCUT2D eigenvalue weighted by molar-refractivity contribution is 8.07. The van der Waals surface area contributed by atoms with Gasteiger partial charge in [-0.3, -0.25) is 14.5 Å². The summed E-state index contributed by atoms with van der Waals surface area (Å²) in [4.78, 5) is 53.2. The highest BCUT2D eigenvalue weighted by atomic mass is 32.2. The van der Waals surface area contributed by atoms with Gasteiger partial charge in [0.05, 0.1) is 10.2 Å². The minimum absolute atomic E-state index is 0.111. The monoisotopic (exact) mass is 580 g/mol. The number of hydrogen-bond donors (Lipinski definition) is 3. The molecule has 2 aliphatic heterocycles. The van der Waals surface area contributed by atoms with Gasteiger partial charge >= 0.3 is 5.97 Å². The van der Waals surface area contributed by atoms with E-state index in [1.807, 2.05) is 24.3 Å². The van der Waals surface area contributed by atoms with Crippen molar-refractivity contribution in [2.45, 2.75) is 15.8 Å². The van der Waals surface area contributed by atoms with Gasteiger partial charge in [-0.05, 0) is 12.1 Å². The number of nitrogens with two attached hydrogens (primary N) is 1. The van der Waals surface area contributed by atoms with Gasteiger partial charge in [-0.2, -0.15) is 0 Å². The van der Waals surface area contributed by atoms with Crippen LogP contribution in [0, 0.1) is 0 Å². The van der Waals surface area contributed by atoms with Crippen LogP contribution in [0.2, 0.25) is 0 Å². The van der Waals surface area contributed by atoms with Crippen LogP contribution in [0.4, 0.5) is 9.52 Å². The van der Waals surface area contributed by atoms with Crippen molar-refractivity contribution in [2.24, 2.45) is 5.16 Å². The summed E-state index contributed by atoms with van der Waals surface area (Å²) < 4.78 is 14.1. The topological polar surface area (TPSA) is 160 Å². The van der Waals surface area contributed by atoms with Gasteiger partial charge in [-0.15, -0.1) is 34.4 Å². The Morgan fingerprint density at radius 2 is 2.16 bits per heavy atom. The Morgan fingerprint density at radius 1 is 1.35 bits per heavy atom. The molecule has 11 nitrogen and oxygen atoms in total. The summed E-state index contributed by atoms with van der Waals surface area (Å²) in [6.45, 7) is -1.18. The number of thiazole rings is 2. The number of alkyl halides is 1. The van der Waals surface area contributed by atoms with Crippen LogP contribution in [0.15, 0.2) is 49.7 Å². The van der Waals surface area contributed by atoms with Crippen LogP contribution < -0.4 is 11.1 Å². The summed E-state index contributed by atoms with van der Waals surface area (Å²) in [5, 5.41) is 17.2. The van der Waals surface area contributed by atoms with Gasteiger partial charge in [0.25, 0.3) is 11.8 Å². The van der Waals surface area contributed by atoms with Gasteiger partial charge in [0, 0.05) is 16.0 Å². The normalized spacial score (nSPS) is 19.5. The molecule has 192 valence electrons. The number of thioether (sulfide) groups is 2. The van der Waals surface area contributed by atoms with Gasteiger partial charge in [0.15, 0.2) is 15.2 Å². The van der Waals surface area contributed by atoms with Crippen LogP contribution in [-0.4, -0.2) is 73.9 Å². The van der Waals surface area contributed by atoms with Crippen molar-refractivity contribution in [3.05, 3.63) is 45.9 Å². The number of aliphatic carboxylic acids is 1. The zero-order valence-electron chi connectivity index (χ0n) is 18.6. The molecular weight excluding hydrogens is 564 g/mol. The van der Waals surface area contributed by atoms with E-state index in [-0.39, 0.29) is 28.8 Å². The van der Waals surface area contributed by atoms with E-state index in [1.165, 1.54) is 45.1 Å². The molecule has 2 amide bonds.